The van der Waals surface area contributed by atoms with Crippen molar-refractivity contribution in [1.29, 1.82) is 0 Å². The van der Waals surface area contributed by atoms with Crippen LogP contribution in [0.4, 0.5) is 0 Å². The Kier molecular flexibility index (Phi) is 6.02. The molecule has 0 amide bonds. The van der Waals surface area contributed by atoms with Crippen LogP contribution in [0.1, 0.15) is 6.92 Å². The minimum absolute atomic E-state index is 0.280. The molecule has 1 fully saturated rings. The van der Waals surface area contributed by atoms with Crippen molar-refractivity contribution in [2.75, 3.05) is 53.9 Å². The second-order valence-electron chi connectivity index (χ2n) is 6.25. The minimum atomic E-state index is -3.38. The van der Waals surface area contributed by atoms with Gasteiger partial charge in [-0.25, -0.2) is 12.7 Å². The number of rotatable bonds is 6. The van der Waals surface area contributed by atoms with E-state index >= 15 is 0 Å². The van der Waals surface area contributed by atoms with Crippen LogP contribution < -0.4 is 4.74 Å². The highest BCUT2D eigenvalue weighted by atomic mass is 32.2. The largest absolute Gasteiger partial charge is 0.492 e. The van der Waals surface area contributed by atoms with E-state index in [1.807, 2.05) is 0 Å². The Hall–Kier alpha value is -1.15. The summed E-state index contributed by atoms with van der Waals surface area (Å²) >= 11 is 0. The smallest absolute Gasteiger partial charge is 0.242 e. The predicted octanol–water partition coefficient (Wildman–Crippen LogP) is 0.952. The van der Waals surface area contributed by atoms with E-state index in [1.54, 1.807) is 24.3 Å². The van der Waals surface area contributed by atoms with Gasteiger partial charge in [0.05, 0.1) is 4.90 Å². The van der Waals surface area contributed by atoms with Gasteiger partial charge in [-0.05, 0) is 38.2 Å². The van der Waals surface area contributed by atoms with Crippen molar-refractivity contribution in [1.82, 2.24) is 14.1 Å². The maximum atomic E-state index is 12.0. The van der Waals surface area contributed by atoms with Crippen molar-refractivity contribution in [3.8, 4) is 5.75 Å². The summed E-state index contributed by atoms with van der Waals surface area (Å²) in [6.45, 7) is 6.94. The summed E-state index contributed by atoms with van der Waals surface area (Å²) < 4.78 is 31.0. The number of ether oxygens (including phenoxy) is 1. The van der Waals surface area contributed by atoms with E-state index in [1.165, 1.54) is 18.4 Å². The van der Waals surface area contributed by atoms with Gasteiger partial charge in [-0.15, -0.1) is 0 Å². The van der Waals surface area contributed by atoms with Gasteiger partial charge in [0.2, 0.25) is 10.0 Å². The Labute approximate surface area is 139 Å². The second-order valence-corrected chi connectivity index (χ2v) is 8.41. The second kappa shape index (κ2) is 7.61. The summed E-state index contributed by atoms with van der Waals surface area (Å²) in [6, 6.07) is 7.13. The Balaban J connectivity index is 1.85. The Morgan fingerprint density at radius 3 is 2.43 bits per heavy atom. The number of hydrogen-bond acceptors (Lipinski definition) is 5. The Bertz CT molecular complexity index is 602. The number of benzene rings is 1. The molecule has 23 heavy (non-hydrogen) atoms. The molecule has 7 heteroatoms. The Morgan fingerprint density at radius 1 is 1.22 bits per heavy atom. The number of hydrogen-bond donors (Lipinski definition) is 0. The van der Waals surface area contributed by atoms with Crippen LogP contribution in [0, 0.1) is 0 Å². The van der Waals surface area contributed by atoms with E-state index in [9.17, 15) is 8.42 Å². The molecule has 0 N–H and O–H groups in total. The fourth-order valence-electron chi connectivity index (χ4n) is 2.71. The minimum Gasteiger partial charge on any atom is -0.492 e. The lowest BCUT2D eigenvalue weighted by Crippen LogP contribution is -2.51. The zero-order valence-electron chi connectivity index (χ0n) is 14.4. The maximum Gasteiger partial charge on any atom is 0.242 e. The highest BCUT2D eigenvalue weighted by Crippen LogP contribution is 2.18. The van der Waals surface area contributed by atoms with Gasteiger partial charge in [-0.2, -0.15) is 0 Å². The third kappa shape index (κ3) is 4.67. The molecule has 0 spiro atoms. The van der Waals surface area contributed by atoms with E-state index in [4.69, 9.17) is 4.74 Å². The van der Waals surface area contributed by atoms with E-state index in [0.29, 0.717) is 18.4 Å². The summed E-state index contributed by atoms with van der Waals surface area (Å²) in [5, 5.41) is 0. The standard InChI is InChI=1S/C16H27N3O3S/c1-14-13-18(4)9-10-19(14)11-12-22-15-5-7-16(8-6-15)23(20,21)17(2)3/h5-8,14H,9-13H2,1-4H3. The molecule has 130 valence electrons. The molecule has 6 nitrogen and oxygen atoms in total. The van der Waals surface area contributed by atoms with Crippen LogP contribution in [0.25, 0.3) is 0 Å². The molecule has 1 saturated heterocycles. The lowest BCUT2D eigenvalue weighted by atomic mass is 10.2. The molecule has 1 aliphatic heterocycles. The fourth-order valence-corrected chi connectivity index (χ4v) is 3.61. The number of piperazine rings is 1. The first kappa shape index (κ1) is 18.2. The zero-order valence-corrected chi connectivity index (χ0v) is 15.2. The first-order chi connectivity index (χ1) is 10.8. The molecule has 1 aromatic rings. The van der Waals surface area contributed by atoms with Gasteiger partial charge >= 0.3 is 0 Å². The molecule has 1 heterocycles. The predicted molar refractivity (Wildman–Crippen MR) is 91.3 cm³/mol. The van der Waals surface area contributed by atoms with E-state index < -0.39 is 10.0 Å². The SMILES string of the molecule is CC1CN(C)CCN1CCOc1ccc(S(=O)(=O)N(C)C)cc1. The molecule has 0 saturated carbocycles. The molecule has 0 bridgehead atoms. The molecule has 2 rings (SSSR count). The first-order valence-corrected chi connectivity index (χ1v) is 9.32. The zero-order chi connectivity index (χ0) is 17.0. The topological polar surface area (TPSA) is 53.1 Å². The van der Waals surface area contributed by atoms with E-state index in [0.717, 1.165) is 26.2 Å². The van der Waals surface area contributed by atoms with Crippen LogP contribution in [0.15, 0.2) is 29.2 Å². The van der Waals surface area contributed by atoms with Gasteiger partial charge < -0.3 is 9.64 Å². The van der Waals surface area contributed by atoms with Gasteiger partial charge in [-0.3, -0.25) is 4.90 Å². The van der Waals surface area contributed by atoms with Crippen LogP contribution in [0.3, 0.4) is 0 Å². The maximum absolute atomic E-state index is 12.0. The summed E-state index contributed by atoms with van der Waals surface area (Å²) in [5.74, 6) is 0.699. The molecule has 0 radical (unpaired) electrons. The average molecular weight is 341 g/mol. The van der Waals surface area contributed by atoms with E-state index in [-0.39, 0.29) is 4.90 Å². The summed E-state index contributed by atoms with van der Waals surface area (Å²) in [6.07, 6.45) is 0. The van der Waals surface area contributed by atoms with Crippen LogP contribution in [0.5, 0.6) is 5.75 Å². The lowest BCUT2D eigenvalue weighted by Gasteiger charge is -2.38. The van der Waals surface area contributed by atoms with Crippen LogP contribution in [-0.4, -0.2) is 82.5 Å². The fraction of sp³-hybridized carbons (Fsp3) is 0.625. The number of sulfonamides is 1. The van der Waals surface area contributed by atoms with Crippen molar-refractivity contribution in [2.24, 2.45) is 0 Å². The van der Waals surface area contributed by atoms with Crippen molar-refractivity contribution in [2.45, 2.75) is 17.9 Å². The highest BCUT2D eigenvalue weighted by molar-refractivity contribution is 7.89. The van der Waals surface area contributed by atoms with Crippen molar-refractivity contribution >= 4 is 10.0 Å². The molecular weight excluding hydrogens is 314 g/mol. The van der Waals surface area contributed by atoms with Gasteiger partial charge in [0.15, 0.2) is 0 Å². The quantitative estimate of drug-likeness (QED) is 0.771. The van der Waals surface area contributed by atoms with Gasteiger partial charge in [-0.1, -0.05) is 0 Å². The van der Waals surface area contributed by atoms with Crippen molar-refractivity contribution < 1.29 is 13.2 Å². The lowest BCUT2D eigenvalue weighted by molar-refractivity contribution is 0.0858. The molecule has 1 unspecified atom stereocenters. The van der Waals surface area contributed by atoms with Crippen LogP contribution in [0.2, 0.25) is 0 Å². The van der Waals surface area contributed by atoms with Crippen molar-refractivity contribution in [3.05, 3.63) is 24.3 Å². The van der Waals surface area contributed by atoms with Crippen LogP contribution in [-0.2, 0) is 10.0 Å². The summed E-state index contributed by atoms with van der Waals surface area (Å²) in [5.41, 5.74) is 0. The van der Waals surface area contributed by atoms with Crippen molar-refractivity contribution in [3.63, 3.8) is 0 Å². The summed E-state index contributed by atoms with van der Waals surface area (Å²) in [7, 11) is 1.82. The molecule has 1 atom stereocenters. The summed E-state index contributed by atoms with van der Waals surface area (Å²) in [4.78, 5) is 5.04. The van der Waals surface area contributed by atoms with Gasteiger partial charge in [0, 0.05) is 46.3 Å². The van der Waals surface area contributed by atoms with E-state index in [2.05, 4.69) is 23.8 Å². The first-order valence-electron chi connectivity index (χ1n) is 7.88. The highest BCUT2D eigenvalue weighted by Gasteiger charge is 2.21. The average Bonchev–Trinajstić information content (AvgIpc) is 2.50. The number of likely N-dealkylation sites (N-methyl/N-ethyl adjacent to an activating group) is 1. The van der Waals surface area contributed by atoms with Gasteiger partial charge in [0.25, 0.3) is 0 Å². The molecule has 1 aliphatic rings. The Morgan fingerprint density at radius 2 is 1.87 bits per heavy atom. The third-order valence-electron chi connectivity index (χ3n) is 4.22. The normalized spacial score (nSPS) is 20.8. The monoisotopic (exact) mass is 341 g/mol. The molecule has 0 aromatic heterocycles. The molecule has 0 aliphatic carbocycles. The molecular formula is C16H27N3O3S. The number of nitrogens with zero attached hydrogens (tertiary/aromatic N) is 3. The molecule has 1 aromatic carbocycles. The van der Waals surface area contributed by atoms with Gasteiger partial charge in [0.1, 0.15) is 12.4 Å². The third-order valence-corrected chi connectivity index (χ3v) is 6.05. The van der Waals surface area contributed by atoms with Crippen LogP contribution >= 0.6 is 0 Å².